The van der Waals surface area contributed by atoms with Crippen LogP contribution in [0.5, 0.6) is 0 Å². The smallest absolute Gasteiger partial charge is 0.258 e. The molecule has 4 aromatic heterocycles. The van der Waals surface area contributed by atoms with Gasteiger partial charge in [-0.15, -0.1) is 45.3 Å². The number of fused-ring (bicyclic) bond motifs is 17. The molecule has 8 heteroatoms. The maximum Gasteiger partial charge on any atom is 0.278 e. The summed E-state index contributed by atoms with van der Waals surface area (Å²) in [6.45, 7) is 0. The molecule has 0 bridgehead atoms. The Bertz CT molecular complexity index is 4460. The first-order valence-corrected chi connectivity index (χ1v) is 29.5. The Morgan fingerprint density at radius 1 is 0.329 bits per heavy atom. The van der Waals surface area contributed by atoms with Crippen LogP contribution in [0.1, 0.15) is 18.6 Å². The summed E-state index contributed by atoms with van der Waals surface area (Å²) in [5.41, 5.74) is 7.76. The first kappa shape index (κ1) is 47.8. The predicted molar refractivity (Wildman–Crippen MR) is 337 cm³/mol. The molecular formula is C68H46NO2PS4. The van der Waals surface area contributed by atoms with Crippen molar-refractivity contribution in [2.24, 2.45) is 0 Å². The SMILES string of the molecule is C.O=[N+]([O-])c1ccc2c(sc3ccccc32)c1-c1cccc2c1sc1ccccc12.c1ccc(P(c2ccccc2)c2ccccc2)cc1.c1ccc2c(c1)sc1c3c(ccc12)Cc1ccc2c(sc4ccccc42)c1-3. The van der Waals surface area contributed by atoms with Crippen molar-refractivity contribution in [3.05, 3.63) is 264 Å². The molecule has 4 heterocycles. The summed E-state index contributed by atoms with van der Waals surface area (Å²) in [5, 5.41) is 26.3. The highest BCUT2D eigenvalue weighted by Gasteiger charge is 2.27. The van der Waals surface area contributed by atoms with Crippen LogP contribution in [0, 0.1) is 10.1 Å². The highest BCUT2D eigenvalue weighted by atomic mass is 32.1. The second kappa shape index (κ2) is 20.0. The molecule has 1 aliphatic carbocycles. The van der Waals surface area contributed by atoms with Gasteiger partial charge in [0.05, 0.1) is 15.2 Å². The Kier molecular flexibility index (Phi) is 12.6. The standard InChI is InChI=1S/C25H14S2.C24H13NO2S2.C18H15P.CH4/c1-3-7-20-16(5-1)18-11-9-14-13-15-10-12-19-17-6-2-4-8-21(17)27-25(19)23(15)22(14)24(18)26-20;26-25(27)19-13-12-17-15-7-2-4-11-21(15)29-24(17)22(19)18-9-5-8-16-14-6-1-3-10-20(14)28-23(16)18;1-4-10-16(11-5-1)19(17-12-6-2-7-13-17)18-14-8-3-9-15-18;/h1-12H,13H2;1-13H;1-15H;1H4. The van der Waals surface area contributed by atoms with Crippen LogP contribution in [-0.2, 0) is 6.42 Å². The molecule has 0 saturated heterocycles. The van der Waals surface area contributed by atoms with Crippen molar-refractivity contribution in [2.45, 2.75) is 13.8 Å². The first-order valence-electron chi connectivity index (χ1n) is 24.9. The molecule has 15 aromatic rings. The van der Waals surface area contributed by atoms with Gasteiger partial charge < -0.3 is 0 Å². The van der Waals surface area contributed by atoms with Gasteiger partial charge in [-0.3, -0.25) is 10.1 Å². The van der Waals surface area contributed by atoms with Crippen LogP contribution in [0.25, 0.3) is 103 Å². The van der Waals surface area contributed by atoms with Crippen LogP contribution in [0.3, 0.4) is 0 Å². The fraction of sp³-hybridized carbons (Fsp3) is 0.0294. The Hall–Kier alpha value is -7.87. The largest absolute Gasteiger partial charge is 0.278 e. The van der Waals surface area contributed by atoms with Crippen molar-refractivity contribution in [2.75, 3.05) is 0 Å². The lowest BCUT2D eigenvalue weighted by molar-refractivity contribution is -0.384. The maximum atomic E-state index is 12.0. The minimum Gasteiger partial charge on any atom is -0.258 e. The summed E-state index contributed by atoms with van der Waals surface area (Å²) in [6.07, 6.45) is 1.05. The molecule has 0 spiro atoms. The second-order valence-corrected chi connectivity index (χ2v) is 25.1. The summed E-state index contributed by atoms with van der Waals surface area (Å²) in [4.78, 5) is 11.7. The van der Waals surface area contributed by atoms with E-state index in [0.29, 0.717) is 0 Å². The molecular weight excluding hydrogens is 1020 g/mol. The Morgan fingerprint density at radius 2 is 0.658 bits per heavy atom. The zero-order valence-corrected chi connectivity index (χ0v) is 44.3. The van der Waals surface area contributed by atoms with Gasteiger partial charge in [0.15, 0.2) is 0 Å². The van der Waals surface area contributed by atoms with Gasteiger partial charge in [-0.25, -0.2) is 0 Å². The van der Waals surface area contributed by atoms with Crippen LogP contribution in [0.4, 0.5) is 5.69 Å². The molecule has 0 aliphatic heterocycles. The van der Waals surface area contributed by atoms with Crippen molar-refractivity contribution in [1.82, 2.24) is 0 Å². The Labute approximate surface area is 457 Å². The molecule has 11 aromatic carbocycles. The average molecular weight is 1070 g/mol. The molecule has 0 amide bonds. The lowest BCUT2D eigenvalue weighted by Gasteiger charge is -2.18. The van der Waals surface area contributed by atoms with E-state index in [1.54, 1.807) is 28.7 Å². The molecule has 16 rings (SSSR count). The van der Waals surface area contributed by atoms with Gasteiger partial charge in [0, 0.05) is 98.7 Å². The van der Waals surface area contributed by atoms with Gasteiger partial charge in [-0.2, -0.15) is 0 Å². The van der Waals surface area contributed by atoms with Gasteiger partial charge in [0.25, 0.3) is 5.69 Å². The highest BCUT2D eigenvalue weighted by Crippen LogP contribution is 2.52. The maximum absolute atomic E-state index is 12.0. The van der Waals surface area contributed by atoms with E-state index in [9.17, 15) is 10.1 Å². The number of rotatable bonds is 5. The lowest BCUT2D eigenvalue weighted by Crippen LogP contribution is -2.20. The topological polar surface area (TPSA) is 43.1 Å². The van der Waals surface area contributed by atoms with E-state index < -0.39 is 7.92 Å². The summed E-state index contributed by atoms with van der Waals surface area (Å²) in [5.74, 6) is 0. The first-order chi connectivity index (χ1) is 37.1. The van der Waals surface area contributed by atoms with Gasteiger partial charge in [-0.05, 0) is 71.7 Å². The number of nitrogens with zero attached hydrogens (tertiary/aromatic N) is 1. The van der Waals surface area contributed by atoms with E-state index in [2.05, 4.69) is 194 Å². The number of hydrogen-bond acceptors (Lipinski definition) is 6. The molecule has 0 saturated carbocycles. The molecule has 76 heavy (non-hydrogen) atoms. The van der Waals surface area contributed by atoms with Gasteiger partial charge in [0.2, 0.25) is 0 Å². The molecule has 1 aliphatic rings. The highest BCUT2D eigenvalue weighted by molar-refractivity contribution is 7.79. The molecule has 0 N–H and O–H groups in total. The van der Waals surface area contributed by atoms with Crippen LogP contribution >= 0.6 is 53.3 Å². The fourth-order valence-electron chi connectivity index (χ4n) is 11.0. The van der Waals surface area contributed by atoms with Crippen molar-refractivity contribution in [3.63, 3.8) is 0 Å². The number of hydrogen-bond donors (Lipinski definition) is 0. The lowest BCUT2D eigenvalue weighted by atomic mass is 9.99. The summed E-state index contributed by atoms with van der Waals surface area (Å²) in [6, 6.07) is 85.5. The van der Waals surface area contributed by atoms with Crippen LogP contribution in [-0.4, -0.2) is 4.92 Å². The van der Waals surface area contributed by atoms with E-state index in [1.165, 1.54) is 88.6 Å². The zero-order valence-electron chi connectivity index (χ0n) is 40.1. The normalized spacial score (nSPS) is 11.8. The van der Waals surface area contributed by atoms with Crippen LogP contribution < -0.4 is 15.9 Å². The van der Waals surface area contributed by atoms with Gasteiger partial charge in [-0.1, -0.05) is 214 Å². The minimum atomic E-state index is -0.446. The van der Waals surface area contributed by atoms with Crippen LogP contribution in [0.2, 0.25) is 0 Å². The van der Waals surface area contributed by atoms with E-state index in [-0.39, 0.29) is 18.0 Å². The monoisotopic (exact) mass is 1070 g/mol. The number of nitro benzene ring substituents is 1. The fourth-order valence-corrected chi connectivity index (χ4v) is 18.4. The molecule has 0 atom stereocenters. The quantitative estimate of drug-likeness (QED) is 0.0979. The third kappa shape index (κ3) is 8.18. The summed E-state index contributed by atoms with van der Waals surface area (Å²) >= 11 is 7.23. The van der Waals surface area contributed by atoms with Crippen molar-refractivity contribution in [3.8, 4) is 22.3 Å². The average Bonchev–Trinajstić information content (AvgIpc) is 4.43. The van der Waals surface area contributed by atoms with Gasteiger partial charge >= 0.3 is 0 Å². The molecule has 3 nitrogen and oxygen atoms in total. The number of nitro groups is 1. The van der Waals surface area contributed by atoms with E-state index in [1.807, 2.05) is 65.1 Å². The van der Waals surface area contributed by atoms with Crippen molar-refractivity contribution >= 4 is 156 Å². The summed E-state index contributed by atoms with van der Waals surface area (Å²) in [7, 11) is -0.446. The van der Waals surface area contributed by atoms with Crippen molar-refractivity contribution in [1.29, 1.82) is 0 Å². The van der Waals surface area contributed by atoms with Crippen molar-refractivity contribution < 1.29 is 4.92 Å². The van der Waals surface area contributed by atoms with E-state index >= 15 is 0 Å². The van der Waals surface area contributed by atoms with Crippen LogP contribution in [0.15, 0.2) is 243 Å². The number of benzene rings is 11. The van der Waals surface area contributed by atoms with Gasteiger partial charge in [0.1, 0.15) is 0 Å². The third-order valence-electron chi connectivity index (χ3n) is 14.3. The molecule has 0 unspecified atom stereocenters. The Morgan fingerprint density at radius 3 is 1.07 bits per heavy atom. The second-order valence-electron chi connectivity index (χ2n) is 18.6. The number of thiophene rings is 4. The molecule has 0 radical (unpaired) electrons. The zero-order chi connectivity index (χ0) is 50.0. The molecule has 0 fully saturated rings. The third-order valence-corrected chi connectivity index (χ3v) is 21.6. The Balaban J connectivity index is 0.000000111. The summed E-state index contributed by atoms with van der Waals surface area (Å²) < 4.78 is 10.1. The van der Waals surface area contributed by atoms with E-state index in [4.69, 9.17) is 0 Å². The minimum absolute atomic E-state index is 0. The molecule has 364 valence electrons. The predicted octanol–water partition coefficient (Wildman–Crippen LogP) is 20.1. The van der Waals surface area contributed by atoms with E-state index in [0.717, 1.165) is 47.8 Å².